The second-order valence-electron chi connectivity index (χ2n) is 12.7. The lowest BCUT2D eigenvalue weighted by Crippen LogP contribution is -2.49. The first-order valence-corrected chi connectivity index (χ1v) is 15.6. The van der Waals surface area contributed by atoms with Crippen molar-refractivity contribution in [2.45, 2.75) is 70.8 Å². The van der Waals surface area contributed by atoms with Gasteiger partial charge in [0.25, 0.3) is 11.8 Å². The number of hydrogen-bond donors (Lipinski definition) is 2. The predicted octanol–water partition coefficient (Wildman–Crippen LogP) is 5.71. The van der Waals surface area contributed by atoms with Crippen LogP contribution >= 0.6 is 0 Å². The Morgan fingerprint density at radius 2 is 1.87 bits per heavy atom. The average molecular weight is 628 g/mol. The SMILES string of the molecule is Cc1cc(C(=O)N[C@@H](Cc2ccccc2)[C@H](O)CN(C)c2cncc(C(C)(C)F)c2)cc(C(=O)N2CCC[C@@H]2c2nc(C)co2)c1. The summed E-state index contributed by atoms with van der Waals surface area (Å²) in [5, 5.41) is 14.5. The van der Waals surface area contributed by atoms with Crippen molar-refractivity contribution in [3.8, 4) is 0 Å². The smallest absolute Gasteiger partial charge is 0.254 e. The third kappa shape index (κ3) is 7.80. The lowest BCUT2D eigenvalue weighted by Gasteiger charge is -2.30. The molecule has 1 saturated heterocycles. The first kappa shape index (κ1) is 32.8. The van der Waals surface area contributed by atoms with E-state index in [0.29, 0.717) is 41.2 Å². The fourth-order valence-electron chi connectivity index (χ4n) is 5.87. The number of likely N-dealkylation sites (N-methyl/N-ethyl adjacent to an activating group) is 1. The molecule has 10 heteroatoms. The molecule has 0 unspecified atom stereocenters. The van der Waals surface area contributed by atoms with Crippen LogP contribution in [0, 0.1) is 13.8 Å². The van der Waals surface area contributed by atoms with Crippen molar-refractivity contribution in [3.05, 3.63) is 113 Å². The van der Waals surface area contributed by atoms with Crippen LogP contribution in [0.15, 0.2) is 77.7 Å². The maximum atomic E-state index is 14.6. The number of rotatable bonds is 11. The zero-order valence-electron chi connectivity index (χ0n) is 27.0. The summed E-state index contributed by atoms with van der Waals surface area (Å²) in [6.45, 7) is 7.36. The molecule has 0 spiro atoms. The van der Waals surface area contributed by atoms with Crippen LogP contribution in [0.2, 0.25) is 0 Å². The molecule has 0 aliphatic carbocycles. The number of hydrogen-bond acceptors (Lipinski definition) is 7. The number of anilines is 1. The second kappa shape index (κ2) is 13.8. The van der Waals surface area contributed by atoms with E-state index in [9.17, 15) is 19.1 Å². The molecule has 0 radical (unpaired) electrons. The number of carbonyl (C=O) groups excluding carboxylic acids is 2. The molecule has 2 aromatic carbocycles. The Hall–Kier alpha value is -4.57. The van der Waals surface area contributed by atoms with Crippen LogP contribution in [0.1, 0.15) is 81.7 Å². The molecule has 3 heterocycles. The van der Waals surface area contributed by atoms with Gasteiger partial charge in [-0.25, -0.2) is 9.37 Å². The normalized spacial score (nSPS) is 16.2. The molecule has 1 fully saturated rings. The lowest BCUT2D eigenvalue weighted by molar-refractivity contribution is 0.0715. The molecular formula is C36H42FN5O4. The monoisotopic (exact) mass is 627 g/mol. The minimum Gasteiger partial charge on any atom is -0.446 e. The van der Waals surface area contributed by atoms with Crippen molar-refractivity contribution in [3.63, 3.8) is 0 Å². The number of halogens is 1. The first-order chi connectivity index (χ1) is 21.9. The van der Waals surface area contributed by atoms with Crippen LogP contribution in [0.3, 0.4) is 0 Å². The van der Waals surface area contributed by atoms with E-state index in [2.05, 4.69) is 15.3 Å². The summed E-state index contributed by atoms with van der Waals surface area (Å²) in [7, 11) is 1.79. The molecule has 1 aliphatic rings. The highest BCUT2D eigenvalue weighted by atomic mass is 19.1. The Morgan fingerprint density at radius 3 is 2.57 bits per heavy atom. The number of pyridine rings is 1. The fraction of sp³-hybridized carbons (Fsp3) is 0.389. The summed E-state index contributed by atoms with van der Waals surface area (Å²) in [6, 6.07) is 15.5. The fourth-order valence-corrected chi connectivity index (χ4v) is 5.87. The standard InChI is InChI=1S/C36H42FN5O4/c1-23-14-26(17-27(15-23)35(45)42-13-9-12-31(42)34-39-24(2)22-46-34)33(44)40-30(16-25-10-7-6-8-11-25)32(43)21-41(5)29-18-28(19-38-20-29)36(3,4)37/h6-8,10-11,14-15,17-20,22,30-32,43H,9,12-13,16,21H2,1-5H3,(H,40,44)/t30-,31+,32+/m0/s1. The third-order valence-corrected chi connectivity index (χ3v) is 8.41. The molecule has 2 N–H and O–H groups in total. The molecule has 242 valence electrons. The van der Waals surface area contributed by atoms with E-state index in [0.717, 1.165) is 29.7 Å². The van der Waals surface area contributed by atoms with E-state index in [1.54, 1.807) is 53.6 Å². The van der Waals surface area contributed by atoms with E-state index < -0.39 is 23.7 Å². The van der Waals surface area contributed by atoms with Gasteiger partial charge in [-0.1, -0.05) is 30.3 Å². The second-order valence-corrected chi connectivity index (χ2v) is 12.7. The minimum atomic E-state index is -1.56. The number of oxazole rings is 1. The Morgan fingerprint density at radius 1 is 1.13 bits per heavy atom. The van der Waals surface area contributed by atoms with Gasteiger partial charge >= 0.3 is 0 Å². The van der Waals surface area contributed by atoms with Gasteiger partial charge < -0.3 is 24.6 Å². The molecule has 2 amide bonds. The Labute approximate surface area is 269 Å². The topological polar surface area (TPSA) is 112 Å². The Kier molecular flexibility index (Phi) is 9.86. The Bertz CT molecular complexity index is 1670. The quantitative estimate of drug-likeness (QED) is 0.219. The van der Waals surface area contributed by atoms with E-state index in [1.165, 1.54) is 20.0 Å². The van der Waals surface area contributed by atoms with Crippen molar-refractivity contribution in [2.75, 3.05) is 25.0 Å². The highest BCUT2D eigenvalue weighted by Gasteiger charge is 2.34. The van der Waals surface area contributed by atoms with Crippen LogP contribution in [0.5, 0.6) is 0 Å². The number of nitrogens with one attached hydrogen (secondary N) is 1. The lowest BCUT2D eigenvalue weighted by atomic mass is 9.99. The van der Waals surface area contributed by atoms with Crippen molar-refractivity contribution < 1.29 is 23.5 Å². The highest BCUT2D eigenvalue weighted by Crippen LogP contribution is 2.33. The summed E-state index contributed by atoms with van der Waals surface area (Å²) in [4.78, 5) is 39.7. The summed E-state index contributed by atoms with van der Waals surface area (Å²) < 4.78 is 20.2. The van der Waals surface area contributed by atoms with Gasteiger partial charge in [-0.05, 0) is 82.3 Å². The molecular weight excluding hydrogens is 585 g/mol. The zero-order valence-corrected chi connectivity index (χ0v) is 27.0. The van der Waals surface area contributed by atoms with Crippen LogP contribution in [-0.4, -0.2) is 64.1 Å². The number of aromatic nitrogens is 2. The summed E-state index contributed by atoms with van der Waals surface area (Å²) in [6.07, 6.45) is 5.66. The summed E-state index contributed by atoms with van der Waals surface area (Å²) in [5.41, 5.74) is 2.72. The van der Waals surface area contributed by atoms with Crippen molar-refractivity contribution in [2.24, 2.45) is 0 Å². The Balaban J connectivity index is 1.35. The van der Waals surface area contributed by atoms with Gasteiger partial charge in [0.15, 0.2) is 0 Å². The van der Waals surface area contributed by atoms with Gasteiger partial charge in [-0.2, -0.15) is 0 Å². The number of alkyl halides is 1. The highest BCUT2D eigenvalue weighted by molar-refractivity contribution is 6.00. The number of aliphatic hydroxyl groups excluding tert-OH is 1. The zero-order chi connectivity index (χ0) is 33.0. The van der Waals surface area contributed by atoms with E-state index >= 15 is 0 Å². The maximum Gasteiger partial charge on any atom is 0.254 e. The van der Waals surface area contributed by atoms with E-state index in [4.69, 9.17) is 4.42 Å². The number of amides is 2. The van der Waals surface area contributed by atoms with Crippen LogP contribution in [0.25, 0.3) is 0 Å². The van der Waals surface area contributed by atoms with Gasteiger partial charge in [-0.15, -0.1) is 0 Å². The third-order valence-electron chi connectivity index (χ3n) is 8.41. The van der Waals surface area contributed by atoms with Gasteiger partial charge in [-0.3, -0.25) is 14.6 Å². The molecule has 4 aromatic rings. The van der Waals surface area contributed by atoms with Crippen LogP contribution in [-0.2, 0) is 12.1 Å². The molecule has 3 atom stereocenters. The molecule has 0 bridgehead atoms. The molecule has 9 nitrogen and oxygen atoms in total. The van der Waals surface area contributed by atoms with Crippen molar-refractivity contribution in [1.29, 1.82) is 0 Å². The van der Waals surface area contributed by atoms with Crippen LogP contribution < -0.4 is 10.2 Å². The van der Waals surface area contributed by atoms with Gasteiger partial charge in [0.05, 0.1) is 29.7 Å². The van der Waals surface area contributed by atoms with Crippen molar-refractivity contribution >= 4 is 17.5 Å². The number of nitrogens with zero attached hydrogens (tertiary/aromatic N) is 4. The van der Waals surface area contributed by atoms with E-state index in [-0.39, 0.29) is 18.5 Å². The first-order valence-electron chi connectivity index (χ1n) is 15.6. The predicted molar refractivity (Wildman–Crippen MR) is 174 cm³/mol. The molecule has 1 aliphatic heterocycles. The van der Waals surface area contributed by atoms with Crippen molar-refractivity contribution in [1.82, 2.24) is 20.2 Å². The van der Waals surface area contributed by atoms with Crippen LogP contribution in [0.4, 0.5) is 10.1 Å². The number of benzene rings is 2. The average Bonchev–Trinajstić information content (AvgIpc) is 3.69. The number of aliphatic hydroxyl groups is 1. The largest absolute Gasteiger partial charge is 0.446 e. The molecule has 46 heavy (non-hydrogen) atoms. The molecule has 2 aromatic heterocycles. The minimum absolute atomic E-state index is 0.157. The summed E-state index contributed by atoms with van der Waals surface area (Å²) in [5.74, 6) is -0.0667. The molecule has 0 saturated carbocycles. The maximum absolute atomic E-state index is 14.6. The number of aryl methyl sites for hydroxylation is 2. The molecule has 5 rings (SSSR count). The number of carbonyl (C=O) groups is 2. The number of likely N-dealkylation sites (tertiary alicyclic amines) is 1. The van der Waals surface area contributed by atoms with Gasteiger partial charge in [0, 0.05) is 43.0 Å². The van der Waals surface area contributed by atoms with E-state index in [1.807, 2.05) is 44.2 Å². The van der Waals surface area contributed by atoms with Gasteiger partial charge in [0.2, 0.25) is 5.89 Å². The summed E-state index contributed by atoms with van der Waals surface area (Å²) >= 11 is 0. The van der Waals surface area contributed by atoms with Gasteiger partial charge in [0.1, 0.15) is 18.0 Å².